The third-order valence-electron chi connectivity index (χ3n) is 20.1. The number of amides is 1. The second kappa shape index (κ2) is 61.0. The van der Waals surface area contributed by atoms with Crippen LogP contribution in [0.25, 0.3) is 0 Å². The Balaban J connectivity index is 1.38. The van der Waals surface area contributed by atoms with Crippen LogP contribution in [0.4, 0.5) is 0 Å². The van der Waals surface area contributed by atoms with E-state index in [9.17, 15) is 61.0 Å². The molecule has 0 radical (unpaired) electrons. The van der Waals surface area contributed by atoms with Crippen molar-refractivity contribution in [1.82, 2.24) is 5.32 Å². The van der Waals surface area contributed by atoms with Crippen molar-refractivity contribution in [3.05, 3.63) is 48.6 Å². The molecule has 19 heteroatoms. The lowest BCUT2D eigenvalue weighted by Gasteiger charge is -2.48. The highest BCUT2D eigenvalue weighted by molar-refractivity contribution is 5.76. The molecule has 3 saturated heterocycles. The van der Waals surface area contributed by atoms with Crippen LogP contribution in [-0.4, -0.2) is 193 Å². The summed E-state index contributed by atoms with van der Waals surface area (Å²) in [6.45, 7) is 1.75. The van der Waals surface area contributed by atoms with Crippen LogP contribution in [0.3, 0.4) is 0 Å². The van der Waals surface area contributed by atoms with E-state index in [-0.39, 0.29) is 18.9 Å². The Hall–Kier alpha value is -2.25. The first-order valence-corrected chi connectivity index (χ1v) is 40.4. The monoisotopic (exact) mass is 1410 g/mol. The van der Waals surface area contributed by atoms with E-state index < -0.39 is 124 Å². The molecule has 3 heterocycles. The SMILES string of the molecule is CCCCCCC/C=C\C/C=C\CCCCCCCCCCCCCCCCCCCCCC(=O)NC(COC1OC(CO)C(OC2OC(CO)C(OC3OC(CO)C(O)C(O)C3O)C(O)C2O)C(O)C1O)C(O)/C=C/CC/C=C/CCCCCCCCCCCCCCCCCCC. The summed E-state index contributed by atoms with van der Waals surface area (Å²) in [6, 6.07) is -0.991. The van der Waals surface area contributed by atoms with Crippen molar-refractivity contribution in [1.29, 1.82) is 0 Å². The van der Waals surface area contributed by atoms with Gasteiger partial charge >= 0.3 is 0 Å². The van der Waals surface area contributed by atoms with E-state index in [1.54, 1.807) is 6.08 Å². The number of hydrogen-bond acceptors (Lipinski definition) is 18. The van der Waals surface area contributed by atoms with Gasteiger partial charge in [0.1, 0.15) is 73.2 Å². The van der Waals surface area contributed by atoms with Crippen LogP contribution in [0.15, 0.2) is 48.6 Å². The normalized spacial score (nSPS) is 26.8. The van der Waals surface area contributed by atoms with Gasteiger partial charge in [0, 0.05) is 6.42 Å². The van der Waals surface area contributed by atoms with E-state index in [1.807, 2.05) is 6.08 Å². The summed E-state index contributed by atoms with van der Waals surface area (Å²) >= 11 is 0. The van der Waals surface area contributed by atoms with Gasteiger partial charge in [-0.3, -0.25) is 4.79 Å². The summed E-state index contributed by atoms with van der Waals surface area (Å²) < 4.78 is 34.4. The summed E-state index contributed by atoms with van der Waals surface area (Å²) in [5.41, 5.74) is 0. The number of allylic oxidation sites excluding steroid dienone is 7. The highest BCUT2D eigenvalue weighted by atomic mass is 16.8. The van der Waals surface area contributed by atoms with E-state index in [4.69, 9.17) is 28.4 Å². The zero-order chi connectivity index (χ0) is 71.8. The van der Waals surface area contributed by atoms with Crippen LogP contribution in [0.1, 0.15) is 322 Å². The maximum absolute atomic E-state index is 13.5. The van der Waals surface area contributed by atoms with Crippen LogP contribution in [-0.2, 0) is 33.2 Å². The zero-order valence-electron chi connectivity index (χ0n) is 62.0. The molecular formula is C80H147NO18. The van der Waals surface area contributed by atoms with Crippen LogP contribution < -0.4 is 5.32 Å². The fourth-order valence-electron chi connectivity index (χ4n) is 13.6. The number of aliphatic hydroxyl groups excluding tert-OH is 11. The van der Waals surface area contributed by atoms with Crippen molar-refractivity contribution in [3.8, 4) is 0 Å². The molecule has 99 heavy (non-hydrogen) atoms. The molecule has 0 aromatic heterocycles. The number of hydrogen-bond donors (Lipinski definition) is 12. The Morgan fingerprint density at radius 1 is 0.364 bits per heavy atom. The second-order valence-corrected chi connectivity index (χ2v) is 28.9. The summed E-state index contributed by atoms with van der Waals surface area (Å²) in [4.78, 5) is 13.5. The standard InChI is InChI=1S/C80H147NO18/c1-3-5-7-9-11-13-15-17-19-21-23-25-27-28-29-30-31-32-33-34-36-38-40-42-44-46-48-50-52-54-56-58-68(86)81-63(64(85)57-55-53-51-49-47-45-43-41-39-37-35-26-24-22-20-18-16-14-12-10-8-6-4-2)62-94-78-74(92)71(89)76(66(60-83)96-78)99-80-75(93)72(90)77(67(61-84)97-80)98-79-73(91)70(88)69(87)65(59-82)95-79/h15,17,21,23,47,49,55,57,63-67,69-80,82-85,87-93H,3-14,16,18-20,22,24-46,48,50-54,56,58-62H2,1-2H3,(H,81,86)/b17-15-,23-21-,49-47+,57-55+. The molecule has 0 saturated carbocycles. The molecule has 1 amide bonds. The molecule has 3 fully saturated rings. The third-order valence-corrected chi connectivity index (χ3v) is 20.1. The topological polar surface area (TPSA) is 307 Å². The quantitative estimate of drug-likeness (QED) is 0.0199. The van der Waals surface area contributed by atoms with E-state index >= 15 is 0 Å². The minimum Gasteiger partial charge on any atom is -0.394 e. The number of nitrogens with one attached hydrogen (secondary N) is 1. The maximum Gasteiger partial charge on any atom is 0.220 e. The highest BCUT2D eigenvalue weighted by Crippen LogP contribution is 2.33. The van der Waals surface area contributed by atoms with E-state index in [0.717, 1.165) is 44.9 Å². The summed E-state index contributed by atoms with van der Waals surface area (Å²) in [5.74, 6) is -0.280. The number of aliphatic hydroxyl groups is 11. The molecule has 17 atom stereocenters. The zero-order valence-corrected chi connectivity index (χ0v) is 62.0. The van der Waals surface area contributed by atoms with Gasteiger partial charge in [-0.2, -0.15) is 0 Å². The van der Waals surface area contributed by atoms with Gasteiger partial charge in [-0.1, -0.05) is 300 Å². The Kier molecular flexibility index (Phi) is 56.0. The van der Waals surface area contributed by atoms with Gasteiger partial charge in [0.2, 0.25) is 5.91 Å². The summed E-state index contributed by atoms with van der Waals surface area (Å²) in [6.07, 6.45) is 49.6. The van der Waals surface area contributed by atoms with Crippen LogP contribution in [0.5, 0.6) is 0 Å². The molecule has 0 aliphatic carbocycles. The van der Waals surface area contributed by atoms with Gasteiger partial charge in [-0.05, 0) is 64.2 Å². The van der Waals surface area contributed by atoms with Gasteiger partial charge in [0.25, 0.3) is 0 Å². The van der Waals surface area contributed by atoms with Gasteiger partial charge < -0.3 is 89.9 Å². The van der Waals surface area contributed by atoms with Crippen molar-refractivity contribution in [2.75, 3.05) is 26.4 Å². The second-order valence-electron chi connectivity index (χ2n) is 28.9. The lowest BCUT2D eigenvalue weighted by atomic mass is 9.96. The molecule has 12 N–H and O–H groups in total. The van der Waals surface area contributed by atoms with Gasteiger partial charge in [0.15, 0.2) is 18.9 Å². The predicted octanol–water partition coefficient (Wildman–Crippen LogP) is 13.3. The number of ether oxygens (including phenoxy) is 6. The van der Waals surface area contributed by atoms with Crippen LogP contribution >= 0.6 is 0 Å². The molecule has 0 spiro atoms. The lowest BCUT2D eigenvalue weighted by molar-refractivity contribution is -0.379. The van der Waals surface area contributed by atoms with E-state index in [2.05, 4.69) is 55.6 Å². The fraction of sp³-hybridized carbons (Fsp3) is 0.887. The Morgan fingerprint density at radius 2 is 0.677 bits per heavy atom. The number of carbonyl (C=O) groups is 1. The Morgan fingerprint density at radius 3 is 1.07 bits per heavy atom. The van der Waals surface area contributed by atoms with Crippen molar-refractivity contribution >= 4 is 5.91 Å². The van der Waals surface area contributed by atoms with Crippen molar-refractivity contribution in [3.63, 3.8) is 0 Å². The highest BCUT2D eigenvalue weighted by Gasteiger charge is 2.54. The number of rotatable bonds is 64. The Bertz CT molecular complexity index is 1980. The van der Waals surface area contributed by atoms with Crippen molar-refractivity contribution in [2.24, 2.45) is 0 Å². The molecule has 3 rings (SSSR count). The predicted molar refractivity (Wildman–Crippen MR) is 392 cm³/mol. The first-order chi connectivity index (χ1) is 48.3. The Labute approximate surface area is 599 Å². The number of unbranched alkanes of at least 4 members (excludes halogenated alkanes) is 42. The molecule has 0 aromatic carbocycles. The van der Waals surface area contributed by atoms with Gasteiger partial charge in [-0.15, -0.1) is 0 Å². The van der Waals surface area contributed by atoms with E-state index in [1.165, 1.54) is 244 Å². The molecule has 3 aliphatic rings. The van der Waals surface area contributed by atoms with Crippen molar-refractivity contribution < 1.29 is 89.4 Å². The molecule has 19 nitrogen and oxygen atoms in total. The van der Waals surface area contributed by atoms with Crippen molar-refractivity contribution in [2.45, 2.75) is 426 Å². The van der Waals surface area contributed by atoms with Crippen LogP contribution in [0, 0.1) is 0 Å². The molecule has 0 aromatic rings. The largest absolute Gasteiger partial charge is 0.394 e. The fourth-order valence-corrected chi connectivity index (χ4v) is 13.6. The molecular weight excluding hydrogens is 1260 g/mol. The van der Waals surface area contributed by atoms with Gasteiger partial charge in [-0.25, -0.2) is 0 Å². The smallest absolute Gasteiger partial charge is 0.220 e. The number of carbonyl (C=O) groups excluding carboxylic acids is 1. The summed E-state index contributed by atoms with van der Waals surface area (Å²) in [5, 5.41) is 121. The average molecular weight is 1410 g/mol. The molecule has 580 valence electrons. The van der Waals surface area contributed by atoms with E-state index in [0.29, 0.717) is 12.8 Å². The molecule has 3 aliphatic heterocycles. The molecule has 0 bridgehead atoms. The minimum atomic E-state index is -1.98. The molecule has 17 unspecified atom stereocenters. The average Bonchev–Trinajstić information content (AvgIpc) is 0.577. The third kappa shape index (κ3) is 41.3. The lowest BCUT2D eigenvalue weighted by Crippen LogP contribution is -2.66. The van der Waals surface area contributed by atoms with Gasteiger partial charge in [0.05, 0.1) is 38.6 Å². The summed E-state index contributed by atoms with van der Waals surface area (Å²) in [7, 11) is 0. The first kappa shape index (κ1) is 91.0. The van der Waals surface area contributed by atoms with Crippen LogP contribution in [0.2, 0.25) is 0 Å². The maximum atomic E-state index is 13.5. The minimum absolute atomic E-state index is 0.238. The first-order valence-electron chi connectivity index (χ1n) is 40.4.